The highest BCUT2D eigenvalue weighted by molar-refractivity contribution is 6.29. The Morgan fingerprint density at radius 1 is 1.53 bits per heavy atom. The molecule has 0 unspecified atom stereocenters. The Bertz CT molecular complexity index is 421. The van der Waals surface area contributed by atoms with E-state index in [0.29, 0.717) is 5.88 Å². The zero-order chi connectivity index (χ0) is 13.1. The van der Waals surface area contributed by atoms with E-state index in [1.54, 1.807) is 0 Å². The molecule has 0 aromatic carbocycles. The second-order valence-electron chi connectivity index (χ2n) is 4.25. The van der Waals surface area contributed by atoms with Gasteiger partial charge in [0.2, 0.25) is 17.7 Å². The molecule has 0 aliphatic rings. The molecule has 0 saturated carbocycles. The smallest absolute Gasteiger partial charge is 0.234 e. The molecule has 0 radical (unpaired) electrons. The van der Waals surface area contributed by atoms with Crippen LogP contribution in [0.1, 0.15) is 27.2 Å². The molecule has 1 heterocycles. The second-order valence-corrected chi connectivity index (χ2v) is 4.64. The lowest BCUT2D eigenvalue weighted by molar-refractivity contribution is -0.124. The number of hydrogen-bond donors (Lipinski definition) is 1. The topological polar surface area (TPSA) is 64.1 Å². The number of amides is 1. The summed E-state index contributed by atoms with van der Waals surface area (Å²) >= 11 is 5.78. The number of halogens is 1. The average molecular weight is 258 g/mol. The summed E-state index contributed by atoms with van der Waals surface area (Å²) in [6, 6.07) is 1.47. The summed E-state index contributed by atoms with van der Waals surface area (Å²) in [4.78, 5) is 19.8. The van der Waals surface area contributed by atoms with Gasteiger partial charge in [-0.15, -0.1) is 0 Å². The van der Waals surface area contributed by atoms with Gasteiger partial charge in [0.25, 0.3) is 0 Å². The molecule has 0 aliphatic heterocycles. The van der Waals surface area contributed by atoms with Crippen molar-refractivity contribution >= 4 is 23.5 Å². The second kappa shape index (κ2) is 5.31. The molecular weight excluding hydrogens is 242 g/mol. The van der Waals surface area contributed by atoms with Crippen molar-refractivity contribution in [2.45, 2.75) is 27.2 Å². The molecule has 6 heteroatoms. The van der Waals surface area contributed by atoms with E-state index in [2.05, 4.69) is 15.3 Å². The van der Waals surface area contributed by atoms with Gasteiger partial charge >= 0.3 is 0 Å². The summed E-state index contributed by atoms with van der Waals surface area (Å²) in [5, 5.41) is 2.85. The van der Waals surface area contributed by atoms with Crippen LogP contribution in [0.3, 0.4) is 0 Å². The number of methoxy groups -OCH3 is 1. The fourth-order valence-corrected chi connectivity index (χ4v) is 1.16. The molecular formula is C11H16ClN3O2. The summed E-state index contributed by atoms with van der Waals surface area (Å²) in [5.74, 6) is 0.319. The Kier molecular flexibility index (Phi) is 4.28. The van der Waals surface area contributed by atoms with E-state index in [-0.39, 0.29) is 17.0 Å². The fourth-order valence-electron chi connectivity index (χ4n) is 0.989. The van der Waals surface area contributed by atoms with Crippen molar-refractivity contribution < 1.29 is 9.53 Å². The number of anilines is 1. The molecule has 0 bridgehead atoms. The molecule has 1 aromatic rings. The van der Waals surface area contributed by atoms with Crippen LogP contribution in [0.2, 0.25) is 5.15 Å². The van der Waals surface area contributed by atoms with Crippen molar-refractivity contribution in [2.24, 2.45) is 5.41 Å². The molecule has 1 amide bonds. The van der Waals surface area contributed by atoms with Gasteiger partial charge < -0.3 is 4.74 Å². The van der Waals surface area contributed by atoms with Crippen LogP contribution in [-0.2, 0) is 4.79 Å². The molecule has 0 fully saturated rings. The lowest BCUT2D eigenvalue weighted by Crippen LogP contribution is -2.30. The van der Waals surface area contributed by atoms with Crippen LogP contribution in [-0.4, -0.2) is 23.0 Å². The zero-order valence-electron chi connectivity index (χ0n) is 10.4. The predicted molar refractivity (Wildman–Crippen MR) is 66.3 cm³/mol. The molecule has 17 heavy (non-hydrogen) atoms. The largest absolute Gasteiger partial charge is 0.481 e. The number of hydrogen-bond acceptors (Lipinski definition) is 4. The third-order valence-electron chi connectivity index (χ3n) is 2.60. The van der Waals surface area contributed by atoms with E-state index >= 15 is 0 Å². The molecule has 0 saturated heterocycles. The van der Waals surface area contributed by atoms with Crippen molar-refractivity contribution in [3.8, 4) is 5.88 Å². The van der Waals surface area contributed by atoms with Gasteiger partial charge in [0.05, 0.1) is 7.11 Å². The standard InChI is InChI=1S/C11H16ClN3O2/c1-5-11(2,3)9(16)15-10-13-7(12)6-8(14-10)17-4/h6H,5H2,1-4H3,(H,13,14,15,16). The minimum absolute atomic E-state index is 0.149. The summed E-state index contributed by atoms with van der Waals surface area (Å²) in [6.07, 6.45) is 0.719. The Morgan fingerprint density at radius 2 is 2.18 bits per heavy atom. The summed E-state index contributed by atoms with van der Waals surface area (Å²) in [6.45, 7) is 5.65. The number of aromatic nitrogens is 2. The van der Waals surface area contributed by atoms with Crippen LogP contribution < -0.4 is 10.1 Å². The Hall–Kier alpha value is -1.36. The SMILES string of the molecule is CCC(C)(C)C(=O)Nc1nc(Cl)cc(OC)n1. The van der Waals surface area contributed by atoms with Crippen molar-refractivity contribution in [1.82, 2.24) is 9.97 Å². The normalized spacial score (nSPS) is 11.1. The lowest BCUT2D eigenvalue weighted by Gasteiger charge is -2.20. The summed E-state index contributed by atoms with van der Waals surface area (Å²) < 4.78 is 4.94. The highest BCUT2D eigenvalue weighted by Gasteiger charge is 2.26. The highest BCUT2D eigenvalue weighted by Crippen LogP contribution is 2.22. The lowest BCUT2D eigenvalue weighted by atomic mass is 9.89. The van der Waals surface area contributed by atoms with Crippen molar-refractivity contribution in [2.75, 3.05) is 12.4 Å². The van der Waals surface area contributed by atoms with Gasteiger partial charge in [-0.25, -0.2) is 4.98 Å². The van der Waals surface area contributed by atoms with Gasteiger partial charge in [-0.1, -0.05) is 32.4 Å². The van der Waals surface area contributed by atoms with E-state index in [9.17, 15) is 4.79 Å². The van der Waals surface area contributed by atoms with Gasteiger partial charge in [0, 0.05) is 11.5 Å². The Balaban J connectivity index is 2.88. The monoisotopic (exact) mass is 257 g/mol. The first kappa shape index (κ1) is 13.7. The predicted octanol–water partition coefficient (Wildman–Crippen LogP) is 2.51. The summed E-state index contributed by atoms with van der Waals surface area (Å²) in [7, 11) is 1.47. The minimum atomic E-state index is -0.473. The maximum absolute atomic E-state index is 11.9. The minimum Gasteiger partial charge on any atom is -0.481 e. The van der Waals surface area contributed by atoms with Crippen LogP contribution in [0.25, 0.3) is 0 Å². The average Bonchev–Trinajstić information content (AvgIpc) is 2.28. The van der Waals surface area contributed by atoms with E-state index in [1.165, 1.54) is 13.2 Å². The zero-order valence-corrected chi connectivity index (χ0v) is 11.1. The van der Waals surface area contributed by atoms with Crippen molar-refractivity contribution in [3.63, 3.8) is 0 Å². The number of ether oxygens (including phenoxy) is 1. The number of carbonyl (C=O) groups excluding carboxylic acids is 1. The first-order chi connectivity index (χ1) is 7.89. The maximum atomic E-state index is 11.9. The van der Waals surface area contributed by atoms with Crippen LogP contribution in [0, 0.1) is 5.41 Å². The molecule has 5 nitrogen and oxygen atoms in total. The quantitative estimate of drug-likeness (QED) is 0.842. The van der Waals surface area contributed by atoms with Gasteiger partial charge in [0.15, 0.2) is 0 Å². The van der Waals surface area contributed by atoms with Crippen LogP contribution in [0.5, 0.6) is 5.88 Å². The van der Waals surface area contributed by atoms with E-state index in [4.69, 9.17) is 16.3 Å². The third-order valence-corrected chi connectivity index (χ3v) is 2.80. The highest BCUT2D eigenvalue weighted by atomic mass is 35.5. The molecule has 94 valence electrons. The molecule has 0 atom stereocenters. The van der Waals surface area contributed by atoms with Crippen LogP contribution >= 0.6 is 11.6 Å². The number of carbonyl (C=O) groups is 1. The third kappa shape index (κ3) is 3.56. The maximum Gasteiger partial charge on any atom is 0.234 e. The first-order valence-electron chi connectivity index (χ1n) is 5.29. The Labute approximate surface area is 106 Å². The molecule has 1 aromatic heterocycles. The Morgan fingerprint density at radius 3 is 2.71 bits per heavy atom. The fraction of sp³-hybridized carbons (Fsp3) is 0.545. The van der Waals surface area contributed by atoms with Crippen molar-refractivity contribution in [3.05, 3.63) is 11.2 Å². The molecule has 0 aliphatic carbocycles. The van der Waals surface area contributed by atoms with E-state index < -0.39 is 5.41 Å². The number of nitrogens with one attached hydrogen (secondary N) is 1. The van der Waals surface area contributed by atoms with Gasteiger partial charge in [-0.3, -0.25) is 10.1 Å². The van der Waals surface area contributed by atoms with Crippen LogP contribution in [0.4, 0.5) is 5.95 Å². The van der Waals surface area contributed by atoms with E-state index in [0.717, 1.165) is 6.42 Å². The van der Waals surface area contributed by atoms with Crippen LogP contribution in [0.15, 0.2) is 6.07 Å². The van der Waals surface area contributed by atoms with Crippen molar-refractivity contribution in [1.29, 1.82) is 0 Å². The number of nitrogens with zero attached hydrogens (tertiary/aromatic N) is 2. The first-order valence-corrected chi connectivity index (χ1v) is 5.67. The van der Waals surface area contributed by atoms with Gasteiger partial charge in [0.1, 0.15) is 5.15 Å². The summed E-state index contributed by atoms with van der Waals surface area (Å²) in [5.41, 5.74) is -0.473. The number of rotatable bonds is 4. The van der Waals surface area contributed by atoms with Gasteiger partial charge in [-0.05, 0) is 6.42 Å². The molecule has 0 spiro atoms. The van der Waals surface area contributed by atoms with E-state index in [1.807, 2.05) is 20.8 Å². The van der Waals surface area contributed by atoms with Gasteiger partial charge in [-0.2, -0.15) is 4.98 Å². The molecule has 1 rings (SSSR count). The molecule has 1 N–H and O–H groups in total.